The van der Waals surface area contributed by atoms with Gasteiger partial charge in [0.1, 0.15) is 11.5 Å². The Balaban J connectivity index is 1.47. The fourth-order valence-corrected chi connectivity index (χ4v) is 3.42. The number of carbonyl (C=O) groups is 1. The van der Waals surface area contributed by atoms with Gasteiger partial charge >= 0.3 is 0 Å². The molecule has 0 aromatic heterocycles. The topological polar surface area (TPSA) is 50.8 Å². The summed E-state index contributed by atoms with van der Waals surface area (Å²) in [5, 5.41) is 2.95. The summed E-state index contributed by atoms with van der Waals surface area (Å²) in [6.07, 6.45) is 2.59. The fourth-order valence-electron chi connectivity index (χ4n) is 3.42. The van der Waals surface area contributed by atoms with Gasteiger partial charge in [-0.3, -0.25) is 9.69 Å². The van der Waals surface area contributed by atoms with Gasteiger partial charge < -0.3 is 14.8 Å². The first kappa shape index (κ1) is 19.2. The Hall–Kier alpha value is -2.53. The molecule has 1 unspecified atom stereocenters. The number of nitrogens with one attached hydrogen (secondary N) is 1. The average molecular weight is 368 g/mol. The normalized spacial score (nSPS) is 15.3. The van der Waals surface area contributed by atoms with Gasteiger partial charge in [0.25, 0.3) is 5.91 Å². The Labute approximate surface area is 161 Å². The minimum Gasteiger partial charge on any atom is -0.496 e. The van der Waals surface area contributed by atoms with Gasteiger partial charge in [0.15, 0.2) is 6.61 Å². The second kappa shape index (κ2) is 9.42. The number of para-hydroxylation sites is 1. The molecule has 1 N–H and O–H groups in total. The first-order chi connectivity index (χ1) is 13.2. The van der Waals surface area contributed by atoms with Crippen molar-refractivity contribution in [3.05, 3.63) is 59.7 Å². The van der Waals surface area contributed by atoms with Crippen LogP contribution < -0.4 is 14.8 Å². The molecule has 5 nitrogen and oxygen atoms in total. The molecule has 1 atom stereocenters. The van der Waals surface area contributed by atoms with E-state index in [1.807, 2.05) is 43.3 Å². The van der Waals surface area contributed by atoms with Gasteiger partial charge in [-0.1, -0.05) is 30.3 Å². The maximum absolute atomic E-state index is 12.2. The number of carbonyl (C=O) groups excluding carboxylic acids is 1. The summed E-state index contributed by atoms with van der Waals surface area (Å²) in [6, 6.07) is 15.5. The molecule has 0 spiro atoms. The number of methoxy groups -OCH3 is 1. The summed E-state index contributed by atoms with van der Waals surface area (Å²) < 4.78 is 11.0. The zero-order chi connectivity index (χ0) is 19.1. The van der Waals surface area contributed by atoms with Crippen LogP contribution in [-0.2, 0) is 11.3 Å². The van der Waals surface area contributed by atoms with Crippen LogP contribution in [0.3, 0.4) is 0 Å². The molecular formula is C22H28N2O3. The van der Waals surface area contributed by atoms with Gasteiger partial charge in [-0.25, -0.2) is 0 Å². The minimum atomic E-state index is -0.158. The molecule has 0 aliphatic carbocycles. The summed E-state index contributed by atoms with van der Waals surface area (Å²) >= 11 is 0. The number of ether oxygens (including phenoxy) is 2. The molecule has 1 heterocycles. The smallest absolute Gasteiger partial charge is 0.258 e. The first-order valence-electron chi connectivity index (χ1n) is 9.52. The Morgan fingerprint density at radius 3 is 2.52 bits per heavy atom. The van der Waals surface area contributed by atoms with Gasteiger partial charge in [-0.2, -0.15) is 0 Å². The predicted molar refractivity (Wildman–Crippen MR) is 106 cm³/mol. The van der Waals surface area contributed by atoms with Gasteiger partial charge in [-0.05, 0) is 56.6 Å². The van der Waals surface area contributed by atoms with Crippen LogP contribution >= 0.6 is 0 Å². The average Bonchev–Trinajstić information content (AvgIpc) is 3.20. The third kappa shape index (κ3) is 5.47. The largest absolute Gasteiger partial charge is 0.496 e. The van der Waals surface area contributed by atoms with E-state index in [4.69, 9.17) is 9.47 Å². The number of benzene rings is 2. The minimum absolute atomic E-state index is 0.00897. The van der Waals surface area contributed by atoms with E-state index in [2.05, 4.69) is 22.3 Å². The molecule has 2 aromatic carbocycles. The van der Waals surface area contributed by atoms with Crippen LogP contribution in [-0.4, -0.2) is 37.6 Å². The molecule has 3 rings (SSSR count). The van der Waals surface area contributed by atoms with Crippen LogP contribution in [0.15, 0.2) is 48.5 Å². The van der Waals surface area contributed by atoms with E-state index in [1.54, 1.807) is 7.11 Å². The Morgan fingerprint density at radius 1 is 1.11 bits per heavy atom. The molecule has 2 aromatic rings. The van der Waals surface area contributed by atoms with E-state index in [-0.39, 0.29) is 18.6 Å². The van der Waals surface area contributed by atoms with Gasteiger partial charge in [0.05, 0.1) is 13.2 Å². The monoisotopic (exact) mass is 368 g/mol. The number of nitrogens with zero attached hydrogens (tertiary/aromatic N) is 1. The molecule has 27 heavy (non-hydrogen) atoms. The molecule has 0 saturated carbocycles. The van der Waals surface area contributed by atoms with E-state index >= 15 is 0 Å². The SMILES string of the molecule is COc1ccccc1C(C)NC(=O)COc1ccc(CN2CCCC2)cc1. The highest BCUT2D eigenvalue weighted by atomic mass is 16.5. The molecule has 1 fully saturated rings. The lowest BCUT2D eigenvalue weighted by Crippen LogP contribution is -2.31. The highest BCUT2D eigenvalue weighted by Crippen LogP contribution is 2.24. The summed E-state index contributed by atoms with van der Waals surface area (Å²) in [4.78, 5) is 14.7. The van der Waals surface area contributed by atoms with Crippen molar-refractivity contribution >= 4 is 5.91 Å². The fraction of sp³-hybridized carbons (Fsp3) is 0.409. The summed E-state index contributed by atoms with van der Waals surface area (Å²) in [7, 11) is 1.63. The van der Waals surface area contributed by atoms with Crippen LogP contribution in [0.25, 0.3) is 0 Å². The third-order valence-electron chi connectivity index (χ3n) is 4.88. The van der Waals surface area contributed by atoms with Crippen molar-refractivity contribution in [3.8, 4) is 11.5 Å². The number of hydrogen-bond donors (Lipinski definition) is 1. The van der Waals surface area contributed by atoms with E-state index in [0.717, 1.165) is 17.9 Å². The lowest BCUT2D eigenvalue weighted by Gasteiger charge is -2.17. The van der Waals surface area contributed by atoms with E-state index in [0.29, 0.717) is 5.75 Å². The summed E-state index contributed by atoms with van der Waals surface area (Å²) in [6.45, 7) is 5.27. The summed E-state index contributed by atoms with van der Waals surface area (Å²) in [5.74, 6) is 1.31. The second-order valence-corrected chi connectivity index (χ2v) is 6.95. The predicted octanol–water partition coefficient (Wildman–Crippen LogP) is 3.55. The molecule has 1 saturated heterocycles. The van der Waals surface area contributed by atoms with Crippen LogP contribution in [0.1, 0.15) is 36.9 Å². The molecule has 0 radical (unpaired) electrons. The zero-order valence-electron chi connectivity index (χ0n) is 16.1. The van der Waals surface area contributed by atoms with Crippen molar-refractivity contribution in [3.63, 3.8) is 0 Å². The maximum atomic E-state index is 12.2. The van der Waals surface area contributed by atoms with Crippen LogP contribution in [0, 0.1) is 0 Å². The van der Waals surface area contributed by atoms with E-state index in [9.17, 15) is 4.79 Å². The van der Waals surface area contributed by atoms with Gasteiger partial charge in [0, 0.05) is 12.1 Å². The lowest BCUT2D eigenvalue weighted by atomic mass is 10.1. The van der Waals surface area contributed by atoms with E-state index in [1.165, 1.54) is 31.5 Å². The number of hydrogen-bond acceptors (Lipinski definition) is 4. The van der Waals surface area contributed by atoms with Crippen molar-refractivity contribution in [1.29, 1.82) is 0 Å². The number of likely N-dealkylation sites (tertiary alicyclic amines) is 1. The Morgan fingerprint density at radius 2 is 1.81 bits per heavy atom. The molecular weight excluding hydrogens is 340 g/mol. The number of amides is 1. The third-order valence-corrected chi connectivity index (χ3v) is 4.88. The zero-order valence-corrected chi connectivity index (χ0v) is 16.1. The van der Waals surface area contributed by atoms with Gasteiger partial charge in [0.2, 0.25) is 0 Å². The lowest BCUT2D eigenvalue weighted by molar-refractivity contribution is -0.123. The number of rotatable bonds is 8. The summed E-state index contributed by atoms with van der Waals surface area (Å²) in [5.41, 5.74) is 2.22. The highest BCUT2D eigenvalue weighted by molar-refractivity contribution is 5.78. The van der Waals surface area contributed by atoms with Crippen molar-refractivity contribution in [2.45, 2.75) is 32.4 Å². The van der Waals surface area contributed by atoms with Crippen molar-refractivity contribution < 1.29 is 14.3 Å². The Kier molecular flexibility index (Phi) is 6.71. The van der Waals surface area contributed by atoms with Crippen LogP contribution in [0.5, 0.6) is 11.5 Å². The highest BCUT2D eigenvalue weighted by Gasteiger charge is 2.14. The standard InChI is InChI=1S/C22H28N2O3/c1-17(20-7-3-4-8-21(20)26-2)23-22(25)16-27-19-11-9-18(10-12-19)15-24-13-5-6-14-24/h3-4,7-12,17H,5-6,13-16H2,1-2H3,(H,23,25). The first-order valence-corrected chi connectivity index (χ1v) is 9.52. The van der Waals surface area contributed by atoms with Crippen molar-refractivity contribution in [2.24, 2.45) is 0 Å². The molecule has 5 heteroatoms. The molecule has 0 bridgehead atoms. The Bertz CT molecular complexity index is 739. The second-order valence-electron chi connectivity index (χ2n) is 6.95. The molecule has 144 valence electrons. The van der Waals surface area contributed by atoms with Crippen molar-refractivity contribution in [1.82, 2.24) is 10.2 Å². The van der Waals surface area contributed by atoms with Gasteiger partial charge in [-0.15, -0.1) is 0 Å². The van der Waals surface area contributed by atoms with E-state index < -0.39 is 0 Å². The van der Waals surface area contributed by atoms with Crippen LogP contribution in [0.2, 0.25) is 0 Å². The molecule has 1 aliphatic heterocycles. The molecule has 1 aliphatic rings. The van der Waals surface area contributed by atoms with Crippen LogP contribution in [0.4, 0.5) is 0 Å². The van der Waals surface area contributed by atoms with Crippen molar-refractivity contribution in [2.75, 3.05) is 26.8 Å². The quantitative estimate of drug-likeness (QED) is 0.774. The maximum Gasteiger partial charge on any atom is 0.258 e. The molecule has 1 amide bonds.